The zero-order chi connectivity index (χ0) is 14.3. The molecule has 2 aromatic rings. The minimum atomic E-state index is -0.937. The average Bonchev–Trinajstić information content (AvgIpc) is 3.24. The molecule has 0 bridgehead atoms. The molecule has 4 heteroatoms. The van der Waals surface area contributed by atoms with Crippen molar-refractivity contribution >= 4 is 5.97 Å². The summed E-state index contributed by atoms with van der Waals surface area (Å²) in [7, 11) is 0. The van der Waals surface area contributed by atoms with Crippen LogP contribution in [0.5, 0.6) is 0 Å². The molecule has 0 radical (unpaired) electrons. The minimum absolute atomic E-state index is 0.251. The largest absolute Gasteiger partial charge is 0.478 e. The molecule has 1 N–H and O–H groups in total. The predicted molar refractivity (Wildman–Crippen MR) is 73.3 cm³/mol. The van der Waals surface area contributed by atoms with Gasteiger partial charge < -0.3 is 5.11 Å². The Morgan fingerprint density at radius 2 is 1.95 bits per heavy atom. The fourth-order valence-electron chi connectivity index (χ4n) is 2.37. The van der Waals surface area contributed by atoms with E-state index in [1.807, 2.05) is 6.92 Å². The van der Waals surface area contributed by atoms with Gasteiger partial charge in [-0.05, 0) is 55.7 Å². The molecular formula is C16H14FNO2. The molecule has 1 aliphatic carbocycles. The summed E-state index contributed by atoms with van der Waals surface area (Å²) >= 11 is 0. The highest BCUT2D eigenvalue weighted by Gasteiger charge is 2.30. The zero-order valence-electron chi connectivity index (χ0n) is 11.1. The Morgan fingerprint density at radius 1 is 1.30 bits per heavy atom. The van der Waals surface area contributed by atoms with Crippen LogP contribution in [0, 0.1) is 12.7 Å². The molecule has 3 rings (SSSR count). The first-order valence-corrected chi connectivity index (χ1v) is 6.57. The van der Waals surface area contributed by atoms with E-state index >= 15 is 0 Å². The maximum absolute atomic E-state index is 13.0. The Kier molecular flexibility index (Phi) is 3.01. The van der Waals surface area contributed by atoms with Crippen molar-refractivity contribution in [3.05, 3.63) is 53.0 Å². The molecule has 0 saturated heterocycles. The van der Waals surface area contributed by atoms with E-state index in [-0.39, 0.29) is 17.3 Å². The summed E-state index contributed by atoms with van der Waals surface area (Å²) in [5.41, 5.74) is 3.27. The maximum atomic E-state index is 13.0. The van der Waals surface area contributed by atoms with E-state index in [1.165, 1.54) is 12.1 Å². The van der Waals surface area contributed by atoms with Gasteiger partial charge in [-0.15, -0.1) is 0 Å². The maximum Gasteiger partial charge on any atom is 0.337 e. The molecule has 20 heavy (non-hydrogen) atoms. The zero-order valence-corrected chi connectivity index (χ0v) is 11.1. The number of carbonyl (C=O) groups is 1. The summed E-state index contributed by atoms with van der Waals surface area (Å²) in [4.78, 5) is 15.9. The monoisotopic (exact) mass is 271 g/mol. The number of hydrogen-bond donors (Lipinski definition) is 1. The molecule has 0 amide bonds. The van der Waals surface area contributed by atoms with Gasteiger partial charge in [-0.2, -0.15) is 0 Å². The molecule has 3 nitrogen and oxygen atoms in total. The Bertz CT molecular complexity index is 676. The van der Waals surface area contributed by atoms with Crippen molar-refractivity contribution in [2.75, 3.05) is 0 Å². The number of halogens is 1. The lowest BCUT2D eigenvalue weighted by Crippen LogP contribution is -2.06. The summed E-state index contributed by atoms with van der Waals surface area (Å²) in [6.45, 7) is 1.83. The second-order valence-electron chi connectivity index (χ2n) is 5.17. The first-order chi connectivity index (χ1) is 9.56. The van der Waals surface area contributed by atoms with Gasteiger partial charge in [0.25, 0.3) is 0 Å². The van der Waals surface area contributed by atoms with Crippen LogP contribution >= 0.6 is 0 Å². The molecule has 1 saturated carbocycles. The van der Waals surface area contributed by atoms with Crippen molar-refractivity contribution in [2.24, 2.45) is 0 Å². The fraction of sp³-hybridized carbons (Fsp3) is 0.250. The van der Waals surface area contributed by atoms with E-state index in [1.54, 1.807) is 18.2 Å². The SMILES string of the molecule is Cc1cc(C(=O)O)c(C2CC2)nc1-c1ccc(F)cc1. The topological polar surface area (TPSA) is 50.2 Å². The molecule has 1 heterocycles. The third-order valence-electron chi connectivity index (χ3n) is 3.55. The number of benzene rings is 1. The molecule has 0 spiro atoms. The molecular weight excluding hydrogens is 257 g/mol. The summed E-state index contributed by atoms with van der Waals surface area (Å²) in [5, 5.41) is 9.28. The van der Waals surface area contributed by atoms with Gasteiger partial charge in [0.15, 0.2) is 0 Å². The van der Waals surface area contributed by atoms with Crippen molar-refractivity contribution in [2.45, 2.75) is 25.7 Å². The highest BCUT2D eigenvalue weighted by Crippen LogP contribution is 2.42. The summed E-state index contributed by atoms with van der Waals surface area (Å²) in [5.74, 6) is -0.981. The number of carboxylic acids is 1. The highest BCUT2D eigenvalue weighted by molar-refractivity contribution is 5.90. The molecule has 1 aromatic heterocycles. The second-order valence-corrected chi connectivity index (χ2v) is 5.17. The number of nitrogens with zero attached hydrogens (tertiary/aromatic N) is 1. The van der Waals surface area contributed by atoms with E-state index in [0.29, 0.717) is 5.69 Å². The Labute approximate surface area is 116 Å². The van der Waals surface area contributed by atoms with Crippen LogP contribution in [0.2, 0.25) is 0 Å². The molecule has 1 aliphatic rings. The minimum Gasteiger partial charge on any atom is -0.478 e. The van der Waals surface area contributed by atoms with Crippen LogP contribution in [0.4, 0.5) is 4.39 Å². The Hall–Kier alpha value is -2.23. The van der Waals surface area contributed by atoms with Crippen LogP contribution in [0.1, 0.15) is 40.4 Å². The van der Waals surface area contributed by atoms with E-state index in [4.69, 9.17) is 0 Å². The van der Waals surface area contributed by atoms with E-state index < -0.39 is 5.97 Å². The van der Waals surface area contributed by atoms with Crippen LogP contribution in [-0.4, -0.2) is 16.1 Å². The first-order valence-electron chi connectivity index (χ1n) is 6.57. The lowest BCUT2D eigenvalue weighted by molar-refractivity contribution is 0.0695. The predicted octanol–water partition coefficient (Wildman–Crippen LogP) is 3.77. The summed E-state index contributed by atoms with van der Waals surface area (Å²) in [6, 6.07) is 7.78. The molecule has 1 aromatic carbocycles. The number of rotatable bonds is 3. The van der Waals surface area contributed by atoms with Gasteiger partial charge in [0.1, 0.15) is 5.82 Å². The Balaban J connectivity index is 2.14. The molecule has 0 atom stereocenters. The van der Waals surface area contributed by atoms with Gasteiger partial charge >= 0.3 is 5.97 Å². The number of carboxylic acid groups (broad SMARTS) is 1. The average molecular weight is 271 g/mol. The third kappa shape index (κ3) is 2.29. The quantitative estimate of drug-likeness (QED) is 0.924. The van der Waals surface area contributed by atoms with E-state index in [9.17, 15) is 14.3 Å². The third-order valence-corrected chi connectivity index (χ3v) is 3.55. The molecule has 0 aliphatic heterocycles. The number of hydrogen-bond acceptors (Lipinski definition) is 2. The van der Waals surface area contributed by atoms with Crippen molar-refractivity contribution in [1.82, 2.24) is 4.98 Å². The summed E-state index contributed by atoms with van der Waals surface area (Å²) in [6.07, 6.45) is 1.97. The highest BCUT2D eigenvalue weighted by atomic mass is 19.1. The van der Waals surface area contributed by atoms with Crippen LogP contribution in [0.15, 0.2) is 30.3 Å². The van der Waals surface area contributed by atoms with Crippen LogP contribution < -0.4 is 0 Å². The normalized spacial score (nSPS) is 14.3. The van der Waals surface area contributed by atoms with E-state index in [2.05, 4.69) is 4.98 Å². The smallest absolute Gasteiger partial charge is 0.337 e. The molecule has 102 valence electrons. The van der Waals surface area contributed by atoms with Crippen LogP contribution in [0.25, 0.3) is 11.3 Å². The van der Waals surface area contributed by atoms with Crippen LogP contribution in [0.3, 0.4) is 0 Å². The van der Waals surface area contributed by atoms with E-state index in [0.717, 1.165) is 29.7 Å². The Morgan fingerprint density at radius 3 is 2.50 bits per heavy atom. The lowest BCUT2D eigenvalue weighted by Gasteiger charge is -2.11. The number of pyridine rings is 1. The summed E-state index contributed by atoms with van der Waals surface area (Å²) < 4.78 is 13.0. The standard InChI is InChI=1S/C16H14FNO2/c1-9-8-13(16(19)20)15(11-2-3-11)18-14(9)10-4-6-12(17)7-5-10/h4-8,11H,2-3H2,1H3,(H,19,20). The lowest BCUT2D eigenvalue weighted by atomic mass is 10.0. The van der Waals surface area contributed by atoms with Gasteiger partial charge in [-0.1, -0.05) is 0 Å². The fourth-order valence-corrected chi connectivity index (χ4v) is 2.37. The van der Waals surface area contributed by atoms with Gasteiger partial charge in [0, 0.05) is 11.5 Å². The van der Waals surface area contributed by atoms with Gasteiger partial charge in [0.2, 0.25) is 0 Å². The van der Waals surface area contributed by atoms with Gasteiger partial charge in [0.05, 0.1) is 17.0 Å². The molecule has 1 fully saturated rings. The van der Waals surface area contributed by atoms with Gasteiger partial charge in [-0.25, -0.2) is 9.18 Å². The second kappa shape index (κ2) is 4.71. The van der Waals surface area contributed by atoms with Gasteiger partial charge in [-0.3, -0.25) is 4.98 Å². The van der Waals surface area contributed by atoms with Crippen molar-refractivity contribution in [1.29, 1.82) is 0 Å². The van der Waals surface area contributed by atoms with Crippen LogP contribution in [-0.2, 0) is 0 Å². The number of aromatic nitrogens is 1. The first kappa shape index (κ1) is 12.8. The number of aryl methyl sites for hydroxylation is 1. The van der Waals surface area contributed by atoms with Crippen molar-refractivity contribution in [3.63, 3.8) is 0 Å². The van der Waals surface area contributed by atoms with Crippen molar-refractivity contribution < 1.29 is 14.3 Å². The van der Waals surface area contributed by atoms with Crippen molar-refractivity contribution in [3.8, 4) is 11.3 Å². The molecule has 0 unspecified atom stereocenters. The number of aromatic carboxylic acids is 1.